The van der Waals surface area contributed by atoms with Crippen LogP contribution in [0.25, 0.3) is 0 Å². The molecule has 0 bridgehead atoms. The lowest BCUT2D eigenvalue weighted by Crippen LogP contribution is -2.48. The third-order valence-corrected chi connectivity index (χ3v) is 7.30. The number of alkyl halides is 3. The molecule has 8 nitrogen and oxygen atoms in total. The van der Waals surface area contributed by atoms with Gasteiger partial charge in [-0.15, -0.1) is 0 Å². The van der Waals surface area contributed by atoms with Crippen molar-refractivity contribution in [2.75, 3.05) is 38.1 Å². The Labute approximate surface area is 200 Å². The van der Waals surface area contributed by atoms with Crippen LogP contribution in [0.1, 0.15) is 45.8 Å². The fourth-order valence-corrected chi connectivity index (χ4v) is 5.38. The van der Waals surface area contributed by atoms with E-state index in [2.05, 4.69) is 10.5 Å². The lowest BCUT2D eigenvalue weighted by molar-refractivity contribution is -0.137. The molecule has 1 N–H and O–H groups in total. The Bertz CT molecular complexity index is 1170. The highest BCUT2D eigenvalue weighted by molar-refractivity contribution is 5.97. The molecule has 0 aliphatic carbocycles. The summed E-state index contributed by atoms with van der Waals surface area (Å²) in [5.74, 6) is -0.423. The van der Waals surface area contributed by atoms with Gasteiger partial charge in [0.15, 0.2) is 0 Å². The molecule has 11 heteroatoms. The van der Waals surface area contributed by atoms with Crippen molar-refractivity contribution in [1.82, 2.24) is 15.4 Å². The van der Waals surface area contributed by atoms with Gasteiger partial charge in [-0.1, -0.05) is 5.16 Å². The smallest absolute Gasteiger partial charge is 0.371 e. The number of rotatable bonds is 3. The highest BCUT2D eigenvalue weighted by Gasteiger charge is 2.52. The van der Waals surface area contributed by atoms with Crippen LogP contribution in [0.5, 0.6) is 0 Å². The van der Waals surface area contributed by atoms with Crippen LogP contribution in [0, 0.1) is 36.5 Å². The van der Waals surface area contributed by atoms with Crippen LogP contribution in [0.2, 0.25) is 0 Å². The molecule has 2 aromatic rings. The van der Waals surface area contributed by atoms with Crippen molar-refractivity contribution in [3.8, 4) is 6.07 Å². The average molecular weight is 489 g/mol. The van der Waals surface area contributed by atoms with Crippen molar-refractivity contribution >= 4 is 17.5 Å². The number of aryl methyl sites for hydroxylation is 2. The minimum absolute atomic E-state index is 0.162. The summed E-state index contributed by atoms with van der Waals surface area (Å²) >= 11 is 0. The largest absolute Gasteiger partial charge is 0.417 e. The number of carbonyl (C=O) groups is 2. The Kier molecular flexibility index (Phi) is 6.25. The van der Waals surface area contributed by atoms with E-state index in [0.717, 1.165) is 6.07 Å². The summed E-state index contributed by atoms with van der Waals surface area (Å²) in [6.45, 7) is 4.81. The predicted octanol–water partition coefficient (Wildman–Crippen LogP) is 3.29. The highest BCUT2D eigenvalue weighted by Crippen LogP contribution is 2.46. The summed E-state index contributed by atoms with van der Waals surface area (Å²) in [6, 6.07) is 5.32. The van der Waals surface area contributed by atoms with Crippen molar-refractivity contribution in [3.05, 3.63) is 46.3 Å². The molecule has 1 atom stereocenters. The maximum Gasteiger partial charge on any atom is 0.417 e. The number of piperidine rings is 1. The Morgan fingerprint density at radius 3 is 2.49 bits per heavy atom. The number of hydrogen-bond acceptors (Lipinski definition) is 6. The van der Waals surface area contributed by atoms with E-state index in [-0.39, 0.29) is 18.4 Å². The lowest BCUT2D eigenvalue weighted by Gasteiger charge is -2.43. The Morgan fingerprint density at radius 2 is 1.94 bits per heavy atom. The summed E-state index contributed by atoms with van der Waals surface area (Å²) in [5.41, 5.74) is -0.611. The van der Waals surface area contributed by atoms with Gasteiger partial charge in [0.05, 0.1) is 28.8 Å². The topological polar surface area (TPSA) is 102 Å². The Balaban J connectivity index is 1.57. The second-order valence-corrected chi connectivity index (χ2v) is 9.24. The molecule has 1 spiro atoms. The van der Waals surface area contributed by atoms with E-state index in [9.17, 15) is 22.8 Å². The van der Waals surface area contributed by atoms with Crippen molar-refractivity contribution in [1.29, 1.82) is 5.26 Å². The van der Waals surface area contributed by atoms with Crippen molar-refractivity contribution in [2.24, 2.45) is 11.3 Å². The zero-order valence-corrected chi connectivity index (χ0v) is 19.7. The minimum Gasteiger partial charge on any atom is -0.371 e. The molecule has 2 aliphatic rings. The minimum atomic E-state index is -4.63. The van der Waals surface area contributed by atoms with E-state index in [4.69, 9.17) is 9.78 Å². The number of likely N-dealkylation sites (tertiary alicyclic amines) is 1. The van der Waals surface area contributed by atoms with Crippen LogP contribution in [0.4, 0.5) is 18.9 Å². The number of halogens is 3. The molecule has 186 valence electrons. The maximum absolute atomic E-state index is 13.4. The number of nitrogens with zero attached hydrogens (tertiary/aromatic N) is 4. The summed E-state index contributed by atoms with van der Waals surface area (Å²) in [4.78, 5) is 29.6. The summed E-state index contributed by atoms with van der Waals surface area (Å²) in [6.07, 6.45) is -3.58. The van der Waals surface area contributed by atoms with Gasteiger partial charge in [-0.2, -0.15) is 18.4 Å². The lowest BCUT2D eigenvalue weighted by atomic mass is 9.70. The number of anilines is 1. The molecule has 1 unspecified atom stereocenters. The average Bonchev–Trinajstić information content (AvgIpc) is 3.37. The maximum atomic E-state index is 13.4. The number of carbonyl (C=O) groups excluding carboxylic acids is 2. The van der Waals surface area contributed by atoms with Crippen molar-refractivity contribution < 1.29 is 27.3 Å². The molecule has 2 fully saturated rings. The number of aromatic nitrogens is 1. The Hall–Kier alpha value is -3.55. The van der Waals surface area contributed by atoms with E-state index in [1.165, 1.54) is 12.1 Å². The zero-order chi connectivity index (χ0) is 25.5. The molecule has 3 heterocycles. The zero-order valence-electron chi connectivity index (χ0n) is 19.7. The third-order valence-electron chi connectivity index (χ3n) is 7.30. The van der Waals surface area contributed by atoms with Crippen LogP contribution in [-0.2, 0) is 11.0 Å². The fourth-order valence-electron chi connectivity index (χ4n) is 5.38. The third kappa shape index (κ3) is 4.33. The van der Waals surface area contributed by atoms with Gasteiger partial charge < -0.3 is 19.6 Å². The van der Waals surface area contributed by atoms with Gasteiger partial charge in [-0.3, -0.25) is 9.59 Å². The molecule has 2 aliphatic heterocycles. The van der Waals surface area contributed by atoms with Gasteiger partial charge in [-0.05, 0) is 44.9 Å². The molecular formula is C24H26F3N5O3. The molecule has 1 aromatic carbocycles. The number of nitriles is 1. The molecule has 0 radical (unpaired) electrons. The standard InChI is InChI=1S/C24H26F3N5O3/c1-14-20(15(2)35-30-14)22(34)32-12-19(21(33)29-3)23(13-32)6-8-31(9-7-23)17-5-4-16(11-28)18(10-17)24(25,26)27/h4-5,10,19H,6-9,12-13H2,1-3H3,(H,29,33). The van der Waals surface area contributed by atoms with Gasteiger partial charge in [-0.25, -0.2) is 0 Å². The van der Waals surface area contributed by atoms with Crippen LogP contribution >= 0.6 is 0 Å². The summed E-state index contributed by atoms with van der Waals surface area (Å²) < 4.78 is 45.4. The first-order valence-corrected chi connectivity index (χ1v) is 11.3. The molecule has 4 rings (SSSR count). The second kappa shape index (κ2) is 8.91. The second-order valence-electron chi connectivity index (χ2n) is 9.24. The van der Waals surface area contributed by atoms with Gasteiger partial charge >= 0.3 is 6.18 Å². The summed E-state index contributed by atoms with van der Waals surface area (Å²) in [5, 5.41) is 15.6. The Morgan fingerprint density at radius 1 is 1.26 bits per heavy atom. The van der Waals surface area contributed by atoms with Crippen LogP contribution in [-0.4, -0.2) is 55.1 Å². The number of nitrogens with one attached hydrogen (secondary N) is 1. The normalized spacial score (nSPS) is 19.6. The van der Waals surface area contributed by atoms with Gasteiger partial charge in [0.25, 0.3) is 5.91 Å². The summed E-state index contributed by atoms with van der Waals surface area (Å²) in [7, 11) is 1.55. The fraction of sp³-hybridized carbons (Fsp3) is 0.500. The first kappa shape index (κ1) is 24.6. The highest BCUT2D eigenvalue weighted by atomic mass is 19.4. The van der Waals surface area contributed by atoms with Crippen LogP contribution in [0.3, 0.4) is 0 Å². The van der Waals surface area contributed by atoms with Gasteiger partial charge in [0.1, 0.15) is 11.3 Å². The van der Waals surface area contributed by atoms with Crippen molar-refractivity contribution in [2.45, 2.75) is 32.9 Å². The van der Waals surface area contributed by atoms with Crippen LogP contribution < -0.4 is 10.2 Å². The number of benzene rings is 1. The quantitative estimate of drug-likeness (QED) is 0.710. The van der Waals surface area contributed by atoms with E-state index in [1.807, 2.05) is 4.90 Å². The van der Waals surface area contributed by atoms with Crippen LogP contribution in [0.15, 0.2) is 22.7 Å². The monoisotopic (exact) mass is 489 g/mol. The molecule has 2 amide bonds. The first-order valence-electron chi connectivity index (χ1n) is 11.3. The predicted molar refractivity (Wildman–Crippen MR) is 119 cm³/mol. The van der Waals surface area contributed by atoms with E-state index >= 15 is 0 Å². The van der Waals surface area contributed by atoms with Crippen molar-refractivity contribution in [3.63, 3.8) is 0 Å². The first-order chi connectivity index (χ1) is 16.5. The molecule has 35 heavy (non-hydrogen) atoms. The molecule has 0 saturated carbocycles. The molecule has 1 aromatic heterocycles. The number of hydrogen-bond donors (Lipinski definition) is 1. The van der Waals surface area contributed by atoms with E-state index in [1.54, 1.807) is 31.9 Å². The molecular weight excluding hydrogens is 463 g/mol. The molecule has 2 saturated heterocycles. The van der Waals surface area contributed by atoms with Gasteiger partial charge in [0.2, 0.25) is 5.91 Å². The van der Waals surface area contributed by atoms with Gasteiger partial charge in [0, 0.05) is 44.3 Å². The van der Waals surface area contributed by atoms with E-state index in [0.29, 0.717) is 55.2 Å². The van der Waals surface area contributed by atoms with E-state index < -0.39 is 28.6 Å². The number of amides is 2. The SMILES string of the molecule is CNC(=O)C1CN(C(=O)c2c(C)noc2C)CC12CCN(c1ccc(C#N)c(C(F)(F)F)c1)CC2.